The van der Waals surface area contributed by atoms with Crippen molar-refractivity contribution in [3.05, 3.63) is 59.7 Å². The number of nitrogens with zero attached hydrogens (tertiary/aromatic N) is 2. The highest BCUT2D eigenvalue weighted by atomic mass is 79.9. The molecule has 2 aromatic carbocycles. The van der Waals surface area contributed by atoms with Gasteiger partial charge in [0.05, 0.1) is 11.4 Å². The molecule has 0 atom stereocenters. The Morgan fingerprint density at radius 3 is 1.22 bits per heavy atom. The van der Waals surface area contributed by atoms with Crippen LogP contribution in [0.15, 0.2) is 58.8 Å². The Morgan fingerprint density at radius 2 is 0.944 bits per heavy atom. The lowest BCUT2D eigenvalue weighted by atomic mass is 10.2. The molecule has 0 N–H and O–H groups in total. The number of hydrogen-bond donors (Lipinski definition) is 0. The van der Waals surface area contributed by atoms with Crippen molar-refractivity contribution in [2.75, 3.05) is 0 Å². The zero-order valence-corrected chi connectivity index (χ0v) is 12.9. The average molecular weight is 368 g/mol. The van der Waals surface area contributed by atoms with Crippen molar-refractivity contribution >= 4 is 43.2 Å². The lowest BCUT2D eigenvalue weighted by molar-refractivity contribution is 1.22. The SMILES string of the molecule is BrCc1ccc(N=Nc2ccc(CBr)cc2)cc1. The van der Waals surface area contributed by atoms with Gasteiger partial charge in [-0.2, -0.15) is 10.2 Å². The maximum Gasteiger partial charge on any atom is 0.0857 e. The van der Waals surface area contributed by atoms with E-state index in [1.807, 2.05) is 48.5 Å². The Kier molecular flexibility index (Phi) is 5.08. The van der Waals surface area contributed by atoms with Gasteiger partial charge in [0.15, 0.2) is 0 Å². The van der Waals surface area contributed by atoms with Crippen LogP contribution in [0.4, 0.5) is 11.4 Å². The van der Waals surface area contributed by atoms with Gasteiger partial charge in [-0.05, 0) is 35.4 Å². The molecule has 4 heteroatoms. The first-order valence-electron chi connectivity index (χ1n) is 5.53. The second kappa shape index (κ2) is 6.81. The molecule has 0 heterocycles. The minimum Gasteiger partial charge on any atom is -0.151 e. The third kappa shape index (κ3) is 3.75. The van der Waals surface area contributed by atoms with Crippen LogP contribution in [0, 0.1) is 0 Å². The second-order valence-electron chi connectivity index (χ2n) is 3.80. The number of hydrogen-bond acceptors (Lipinski definition) is 2. The maximum absolute atomic E-state index is 4.21. The van der Waals surface area contributed by atoms with Crippen LogP contribution >= 0.6 is 31.9 Å². The van der Waals surface area contributed by atoms with Crippen LogP contribution in [-0.4, -0.2) is 0 Å². The molecule has 18 heavy (non-hydrogen) atoms. The molecule has 0 unspecified atom stereocenters. The summed E-state index contributed by atoms with van der Waals surface area (Å²) < 4.78 is 0. The summed E-state index contributed by atoms with van der Waals surface area (Å²) in [5, 5.41) is 10.1. The second-order valence-corrected chi connectivity index (χ2v) is 4.92. The number of halogens is 2. The van der Waals surface area contributed by atoms with E-state index in [-0.39, 0.29) is 0 Å². The van der Waals surface area contributed by atoms with E-state index >= 15 is 0 Å². The van der Waals surface area contributed by atoms with Gasteiger partial charge in [-0.3, -0.25) is 0 Å². The van der Waals surface area contributed by atoms with Crippen LogP contribution < -0.4 is 0 Å². The molecule has 0 spiro atoms. The highest BCUT2D eigenvalue weighted by Crippen LogP contribution is 2.20. The molecule has 0 aliphatic rings. The molecule has 0 aliphatic carbocycles. The summed E-state index contributed by atoms with van der Waals surface area (Å²) in [6.45, 7) is 0. The molecule has 0 bridgehead atoms. The summed E-state index contributed by atoms with van der Waals surface area (Å²) in [6.07, 6.45) is 0. The molecule has 0 saturated heterocycles. The van der Waals surface area contributed by atoms with Gasteiger partial charge in [-0.1, -0.05) is 56.1 Å². The van der Waals surface area contributed by atoms with Crippen molar-refractivity contribution in [3.63, 3.8) is 0 Å². The first-order valence-corrected chi connectivity index (χ1v) is 7.77. The standard InChI is InChI=1S/C14H12Br2N2/c15-9-11-1-5-13(6-2-11)17-18-14-7-3-12(10-16)4-8-14/h1-8H,9-10H2. The van der Waals surface area contributed by atoms with Gasteiger partial charge in [0.2, 0.25) is 0 Å². The molecule has 0 fully saturated rings. The van der Waals surface area contributed by atoms with E-state index in [1.54, 1.807) is 0 Å². The van der Waals surface area contributed by atoms with Gasteiger partial charge in [-0.15, -0.1) is 0 Å². The molecule has 0 saturated carbocycles. The summed E-state index contributed by atoms with van der Waals surface area (Å²) in [6, 6.07) is 16.0. The Balaban J connectivity index is 2.08. The van der Waals surface area contributed by atoms with Gasteiger partial charge in [-0.25, -0.2) is 0 Å². The minimum absolute atomic E-state index is 0.860. The zero-order valence-electron chi connectivity index (χ0n) is 9.68. The Labute approximate surface area is 123 Å². The number of benzene rings is 2. The van der Waals surface area contributed by atoms with Crippen molar-refractivity contribution in [3.8, 4) is 0 Å². The monoisotopic (exact) mass is 366 g/mol. The van der Waals surface area contributed by atoms with Crippen molar-refractivity contribution in [1.29, 1.82) is 0 Å². The first kappa shape index (κ1) is 13.4. The molecule has 0 aliphatic heterocycles. The number of alkyl halides is 2. The Morgan fingerprint density at radius 1 is 0.611 bits per heavy atom. The molecule has 0 radical (unpaired) electrons. The normalized spacial score (nSPS) is 11.0. The quantitative estimate of drug-likeness (QED) is 0.475. The third-order valence-electron chi connectivity index (χ3n) is 2.46. The van der Waals surface area contributed by atoms with Gasteiger partial charge in [0.25, 0.3) is 0 Å². The largest absolute Gasteiger partial charge is 0.151 e. The maximum atomic E-state index is 4.21. The molecule has 2 aromatic rings. The summed E-state index contributed by atoms with van der Waals surface area (Å²) >= 11 is 6.83. The Bertz CT molecular complexity index is 469. The Hall–Kier alpha value is -1.00. The fourth-order valence-corrected chi connectivity index (χ4v) is 2.17. The minimum atomic E-state index is 0.860. The van der Waals surface area contributed by atoms with E-state index in [0.29, 0.717) is 0 Å². The van der Waals surface area contributed by atoms with Crippen molar-refractivity contribution < 1.29 is 0 Å². The smallest absolute Gasteiger partial charge is 0.0857 e. The highest BCUT2D eigenvalue weighted by molar-refractivity contribution is 9.08. The molecule has 2 nitrogen and oxygen atoms in total. The lowest BCUT2D eigenvalue weighted by Crippen LogP contribution is -1.74. The predicted octanol–water partition coefficient (Wildman–Crippen LogP) is 5.89. The van der Waals surface area contributed by atoms with Crippen LogP contribution in [0.25, 0.3) is 0 Å². The summed E-state index contributed by atoms with van der Waals surface area (Å²) in [4.78, 5) is 0. The number of rotatable bonds is 4. The molecule has 0 amide bonds. The third-order valence-corrected chi connectivity index (χ3v) is 3.76. The van der Waals surface area contributed by atoms with Crippen LogP contribution in [0.5, 0.6) is 0 Å². The van der Waals surface area contributed by atoms with Crippen molar-refractivity contribution in [2.45, 2.75) is 10.7 Å². The number of azo groups is 1. The zero-order chi connectivity index (χ0) is 12.8. The summed E-state index contributed by atoms with van der Waals surface area (Å²) in [7, 11) is 0. The summed E-state index contributed by atoms with van der Waals surface area (Å²) in [5.41, 5.74) is 4.19. The van der Waals surface area contributed by atoms with E-state index < -0.39 is 0 Å². The topological polar surface area (TPSA) is 24.7 Å². The highest BCUT2D eigenvalue weighted by Gasteiger charge is 1.93. The van der Waals surface area contributed by atoms with Gasteiger partial charge >= 0.3 is 0 Å². The van der Waals surface area contributed by atoms with Gasteiger partial charge in [0.1, 0.15) is 0 Å². The van der Waals surface area contributed by atoms with Gasteiger partial charge < -0.3 is 0 Å². The van der Waals surface area contributed by atoms with Crippen LogP contribution in [0.1, 0.15) is 11.1 Å². The predicted molar refractivity (Wildman–Crippen MR) is 82.3 cm³/mol. The van der Waals surface area contributed by atoms with Crippen LogP contribution in [-0.2, 0) is 10.7 Å². The van der Waals surface area contributed by atoms with E-state index in [0.717, 1.165) is 22.0 Å². The van der Waals surface area contributed by atoms with E-state index in [9.17, 15) is 0 Å². The van der Waals surface area contributed by atoms with E-state index in [1.165, 1.54) is 11.1 Å². The molecular formula is C14H12Br2N2. The van der Waals surface area contributed by atoms with Crippen molar-refractivity contribution in [2.24, 2.45) is 10.2 Å². The van der Waals surface area contributed by atoms with Crippen LogP contribution in [0.2, 0.25) is 0 Å². The van der Waals surface area contributed by atoms with Crippen molar-refractivity contribution in [1.82, 2.24) is 0 Å². The fourth-order valence-electron chi connectivity index (χ4n) is 1.42. The van der Waals surface area contributed by atoms with E-state index in [4.69, 9.17) is 0 Å². The fraction of sp³-hybridized carbons (Fsp3) is 0.143. The van der Waals surface area contributed by atoms with Crippen LogP contribution in [0.3, 0.4) is 0 Å². The average Bonchev–Trinajstić information content (AvgIpc) is 2.46. The first-order chi connectivity index (χ1) is 8.81. The summed E-state index contributed by atoms with van der Waals surface area (Å²) in [5.74, 6) is 0. The molecular weight excluding hydrogens is 356 g/mol. The van der Waals surface area contributed by atoms with Gasteiger partial charge in [0, 0.05) is 10.7 Å². The van der Waals surface area contributed by atoms with E-state index in [2.05, 4.69) is 42.1 Å². The molecule has 92 valence electrons. The molecule has 2 rings (SSSR count). The lowest BCUT2D eigenvalue weighted by Gasteiger charge is -1.97. The molecule has 0 aromatic heterocycles.